The van der Waals surface area contributed by atoms with Gasteiger partial charge in [0.05, 0.1) is 5.56 Å². The predicted molar refractivity (Wildman–Crippen MR) is 70.6 cm³/mol. The number of carbonyl (C=O) groups excluding carboxylic acids is 1. The molecule has 0 aliphatic rings. The predicted octanol–water partition coefficient (Wildman–Crippen LogP) is 4.69. The van der Waals surface area contributed by atoms with Crippen LogP contribution < -0.4 is 0 Å². The Hall–Kier alpha value is -2.10. The van der Waals surface area contributed by atoms with Crippen molar-refractivity contribution in [1.82, 2.24) is 0 Å². The largest absolute Gasteiger partial charge is 0.417 e. The fourth-order valence-corrected chi connectivity index (χ4v) is 2.07. The highest BCUT2D eigenvalue weighted by Gasteiger charge is 2.35. The summed E-state index contributed by atoms with van der Waals surface area (Å²) < 4.78 is 38.8. The van der Waals surface area contributed by atoms with E-state index < -0.39 is 23.4 Å². The molecule has 0 spiro atoms. The summed E-state index contributed by atoms with van der Waals surface area (Å²) in [6.07, 6.45) is -4.53. The number of alkyl halides is 3. The third-order valence-electron chi connectivity index (χ3n) is 3.19. The smallest absolute Gasteiger partial charge is 0.293 e. The number of hydrogen-bond acceptors (Lipinski definition) is 1. The molecule has 0 saturated carbocycles. The molecule has 1 unspecified atom stereocenters. The van der Waals surface area contributed by atoms with Gasteiger partial charge in [-0.1, -0.05) is 55.5 Å². The minimum absolute atomic E-state index is 0.281. The van der Waals surface area contributed by atoms with Crippen molar-refractivity contribution < 1.29 is 18.0 Å². The van der Waals surface area contributed by atoms with Crippen LogP contribution >= 0.6 is 0 Å². The minimum Gasteiger partial charge on any atom is -0.293 e. The monoisotopic (exact) mass is 278 g/mol. The lowest BCUT2D eigenvalue weighted by Gasteiger charge is -2.15. The summed E-state index contributed by atoms with van der Waals surface area (Å²) in [5.74, 6) is -1.14. The topological polar surface area (TPSA) is 17.1 Å². The van der Waals surface area contributed by atoms with Crippen LogP contribution in [0.1, 0.15) is 34.3 Å². The molecule has 0 bridgehead atoms. The number of rotatable bonds is 3. The maximum atomic E-state index is 12.9. The van der Waals surface area contributed by atoms with Gasteiger partial charge >= 0.3 is 6.18 Å². The first kappa shape index (κ1) is 14.3. The van der Waals surface area contributed by atoms with Gasteiger partial charge < -0.3 is 0 Å². The summed E-state index contributed by atoms with van der Waals surface area (Å²) in [7, 11) is 0. The Balaban J connectivity index is 2.40. The zero-order chi connectivity index (χ0) is 14.8. The van der Waals surface area contributed by atoms with E-state index in [0.717, 1.165) is 6.07 Å². The Morgan fingerprint density at radius 2 is 1.50 bits per heavy atom. The molecule has 0 aliphatic carbocycles. The first-order chi connectivity index (χ1) is 9.41. The molecule has 0 N–H and O–H groups in total. The van der Waals surface area contributed by atoms with E-state index in [4.69, 9.17) is 0 Å². The van der Waals surface area contributed by atoms with Gasteiger partial charge in [0, 0.05) is 11.5 Å². The van der Waals surface area contributed by atoms with Gasteiger partial charge in [0.2, 0.25) is 0 Å². The van der Waals surface area contributed by atoms with Gasteiger partial charge in [-0.05, 0) is 11.6 Å². The van der Waals surface area contributed by atoms with Crippen LogP contribution in [0.3, 0.4) is 0 Å². The summed E-state index contributed by atoms with van der Waals surface area (Å²) >= 11 is 0. The minimum atomic E-state index is -4.53. The first-order valence-electron chi connectivity index (χ1n) is 6.16. The average molecular weight is 278 g/mol. The normalized spacial score (nSPS) is 13.0. The van der Waals surface area contributed by atoms with Gasteiger partial charge in [0.25, 0.3) is 0 Å². The first-order valence-corrected chi connectivity index (χ1v) is 6.16. The van der Waals surface area contributed by atoms with Crippen molar-refractivity contribution in [2.75, 3.05) is 0 Å². The van der Waals surface area contributed by atoms with Crippen LogP contribution in [0.2, 0.25) is 0 Å². The van der Waals surface area contributed by atoms with Crippen LogP contribution in [0, 0.1) is 0 Å². The molecule has 0 aromatic heterocycles. The highest BCUT2D eigenvalue weighted by atomic mass is 19.4. The van der Waals surface area contributed by atoms with Gasteiger partial charge in [-0.3, -0.25) is 4.79 Å². The van der Waals surface area contributed by atoms with Gasteiger partial charge in [0.15, 0.2) is 5.78 Å². The summed E-state index contributed by atoms with van der Waals surface area (Å²) in [6.45, 7) is 1.62. The lowest BCUT2D eigenvalue weighted by molar-refractivity contribution is -0.137. The van der Waals surface area contributed by atoms with E-state index in [1.54, 1.807) is 37.3 Å². The van der Waals surface area contributed by atoms with Crippen LogP contribution in [0.4, 0.5) is 13.2 Å². The summed E-state index contributed by atoms with van der Waals surface area (Å²) in [5.41, 5.74) is -0.460. The molecule has 20 heavy (non-hydrogen) atoms. The van der Waals surface area contributed by atoms with Crippen molar-refractivity contribution in [3.05, 3.63) is 71.3 Å². The molecule has 0 amide bonds. The molecule has 104 valence electrons. The molecule has 0 radical (unpaired) electrons. The zero-order valence-electron chi connectivity index (χ0n) is 10.8. The number of halogens is 3. The number of Topliss-reactive ketones (excluding diaryl/α,β-unsaturated/α-hetero) is 1. The van der Waals surface area contributed by atoms with E-state index in [1.165, 1.54) is 18.2 Å². The van der Waals surface area contributed by atoms with E-state index in [1.807, 2.05) is 0 Å². The Morgan fingerprint density at radius 3 is 2.10 bits per heavy atom. The van der Waals surface area contributed by atoms with E-state index in [2.05, 4.69) is 0 Å². The van der Waals surface area contributed by atoms with Crippen LogP contribution in [0.15, 0.2) is 54.6 Å². The quantitative estimate of drug-likeness (QED) is 0.744. The molecule has 0 aliphatic heterocycles. The summed E-state index contributed by atoms with van der Waals surface area (Å²) in [4.78, 5) is 12.3. The third-order valence-corrected chi connectivity index (χ3v) is 3.19. The average Bonchev–Trinajstić information content (AvgIpc) is 2.46. The van der Waals surface area contributed by atoms with E-state index in [0.29, 0.717) is 5.56 Å². The zero-order valence-corrected chi connectivity index (χ0v) is 10.8. The fourth-order valence-electron chi connectivity index (χ4n) is 2.07. The molecule has 2 aromatic carbocycles. The van der Waals surface area contributed by atoms with Crippen LogP contribution in [0.25, 0.3) is 0 Å². The van der Waals surface area contributed by atoms with E-state index in [-0.39, 0.29) is 5.56 Å². The second kappa shape index (κ2) is 5.49. The standard InChI is InChI=1S/C16H13F3O/c1-11(12-7-3-2-4-8-12)15(20)13-9-5-6-10-14(13)16(17,18)19/h2-11H,1H3. The Morgan fingerprint density at radius 1 is 0.950 bits per heavy atom. The van der Waals surface area contributed by atoms with Crippen LogP contribution in [0.5, 0.6) is 0 Å². The van der Waals surface area contributed by atoms with Crippen LogP contribution in [-0.2, 0) is 6.18 Å². The molecule has 1 atom stereocenters. The second-order valence-electron chi connectivity index (χ2n) is 4.54. The number of ketones is 1. The second-order valence-corrected chi connectivity index (χ2v) is 4.54. The number of carbonyl (C=O) groups is 1. The van der Waals surface area contributed by atoms with Crippen molar-refractivity contribution in [3.63, 3.8) is 0 Å². The maximum Gasteiger partial charge on any atom is 0.417 e. The lowest BCUT2D eigenvalue weighted by Crippen LogP contribution is -2.17. The van der Waals surface area contributed by atoms with Crippen molar-refractivity contribution >= 4 is 5.78 Å². The molecular weight excluding hydrogens is 265 g/mol. The maximum absolute atomic E-state index is 12.9. The molecular formula is C16H13F3O. The van der Waals surface area contributed by atoms with Crippen LogP contribution in [-0.4, -0.2) is 5.78 Å². The summed E-state index contributed by atoms with van der Waals surface area (Å²) in [6, 6.07) is 13.7. The Bertz CT molecular complexity index is 603. The highest BCUT2D eigenvalue weighted by molar-refractivity contribution is 6.02. The van der Waals surface area contributed by atoms with Crippen molar-refractivity contribution in [3.8, 4) is 0 Å². The molecule has 1 nitrogen and oxygen atoms in total. The molecule has 0 saturated heterocycles. The molecule has 2 aromatic rings. The fraction of sp³-hybridized carbons (Fsp3) is 0.188. The molecule has 0 heterocycles. The van der Waals surface area contributed by atoms with Gasteiger partial charge in [-0.25, -0.2) is 0 Å². The third kappa shape index (κ3) is 2.90. The van der Waals surface area contributed by atoms with Gasteiger partial charge in [-0.15, -0.1) is 0 Å². The Labute approximate surface area is 115 Å². The number of hydrogen-bond donors (Lipinski definition) is 0. The van der Waals surface area contributed by atoms with Gasteiger partial charge in [-0.2, -0.15) is 13.2 Å². The van der Waals surface area contributed by atoms with E-state index in [9.17, 15) is 18.0 Å². The van der Waals surface area contributed by atoms with Crippen molar-refractivity contribution in [2.24, 2.45) is 0 Å². The summed E-state index contributed by atoms with van der Waals surface area (Å²) in [5, 5.41) is 0. The van der Waals surface area contributed by atoms with Crippen molar-refractivity contribution in [2.45, 2.75) is 19.0 Å². The van der Waals surface area contributed by atoms with Crippen molar-refractivity contribution in [1.29, 1.82) is 0 Å². The van der Waals surface area contributed by atoms with E-state index >= 15 is 0 Å². The molecule has 2 rings (SSSR count). The lowest BCUT2D eigenvalue weighted by atomic mass is 9.90. The SMILES string of the molecule is CC(C(=O)c1ccccc1C(F)(F)F)c1ccccc1. The Kier molecular flexibility index (Phi) is 3.93. The highest BCUT2D eigenvalue weighted by Crippen LogP contribution is 2.34. The molecule has 0 fully saturated rings. The number of benzene rings is 2. The van der Waals surface area contributed by atoms with Gasteiger partial charge in [0.1, 0.15) is 0 Å². The molecule has 4 heteroatoms.